The Bertz CT molecular complexity index is 1550. The van der Waals surface area contributed by atoms with Crippen LogP contribution in [-0.2, 0) is 5.75 Å². The van der Waals surface area contributed by atoms with Crippen molar-refractivity contribution in [1.29, 1.82) is 0 Å². The fourth-order valence-corrected chi connectivity index (χ4v) is 6.59. The van der Waals surface area contributed by atoms with E-state index in [9.17, 15) is 19.1 Å². The average Bonchev–Trinajstić information content (AvgIpc) is 3.08. The summed E-state index contributed by atoms with van der Waals surface area (Å²) in [6.45, 7) is 4.08. The number of benzene rings is 2. The van der Waals surface area contributed by atoms with Crippen LogP contribution in [0.15, 0.2) is 64.4 Å². The summed E-state index contributed by atoms with van der Waals surface area (Å²) in [5.74, 6) is -2.76. The van der Waals surface area contributed by atoms with Crippen LogP contribution >= 0.6 is 11.8 Å². The molecule has 6 rings (SSSR count). The van der Waals surface area contributed by atoms with Crippen molar-refractivity contribution >= 4 is 17.7 Å². The molecule has 2 atom stereocenters. The standard InChI is InChI=1S/C28H25F2N3O4S/c1-15(2)19-7-5-11-37-21-12-18(29)24(30)17-13-38-22-8-4-3-6-16(22)25(23(17)21)33-14-31(19)28(36)26-27(35)20(34)9-10-32(26)33/h3-10,12,15,19,25,35H,11,13-14H2,1-2H3/b7-5-/t19-,25-/m1/s1. The second kappa shape index (κ2) is 9.20. The number of carbonyl (C=O) groups excluding carboxylic acids is 1. The lowest BCUT2D eigenvalue weighted by atomic mass is 9.92. The molecule has 196 valence electrons. The number of thioether (sulfide) groups is 1. The minimum Gasteiger partial charge on any atom is -0.502 e. The molecule has 1 aromatic heterocycles. The van der Waals surface area contributed by atoms with Gasteiger partial charge in [0, 0.05) is 40.1 Å². The van der Waals surface area contributed by atoms with Gasteiger partial charge in [-0.1, -0.05) is 38.1 Å². The predicted molar refractivity (Wildman–Crippen MR) is 139 cm³/mol. The number of fused-ring (bicyclic) bond motifs is 7. The van der Waals surface area contributed by atoms with Crippen LogP contribution in [-0.4, -0.2) is 39.9 Å². The largest absolute Gasteiger partial charge is 0.502 e. The number of hydrogen-bond donors (Lipinski definition) is 1. The van der Waals surface area contributed by atoms with Gasteiger partial charge in [0.1, 0.15) is 25.1 Å². The Balaban J connectivity index is 1.72. The van der Waals surface area contributed by atoms with Gasteiger partial charge in [-0.25, -0.2) is 8.78 Å². The number of carbonyl (C=O) groups is 1. The number of hydrogen-bond acceptors (Lipinski definition) is 6. The Morgan fingerprint density at radius 1 is 1.16 bits per heavy atom. The molecule has 38 heavy (non-hydrogen) atoms. The first kappa shape index (κ1) is 24.5. The van der Waals surface area contributed by atoms with Crippen molar-refractivity contribution in [2.24, 2.45) is 5.92 Å². The van der Waals surface area contributed by atoms with Gasteiger partial charge < -0.3 is 14.7 Å². The van der Waals surface area contributed by atoms with Gasteiger partial charge in [-0.05, 0) is 23.6 Å². The van der Waals surface area contributed by atoms with E-state index in [1.807, 2.05) is 44.2 Å². The molecule has 0 unspecified atom stereocenters. The SMILES string of the molecule is CC(C)[C@H]1/C=C\COc2cc(F)c(F)c3c2[C@@H](c2ccccc2SC3)N2CN1C(=O)c1c(O)c(=O)ccn12. The van der Waals surface area contributed by atoms with Gasteiger partial charge in [-0.3, -0.25) is 19.3 Å². The van der Waals surface area contributed by atoms with Gasteiger partial charge in [0.2, 0.25) is 5.43 Å². The molecule has 10 heteroatoms. The highest BCUT2D eigenvalue weighted by Gasteiger charge is 2.43. The van der Waals surface area contributed by atoms with E-state index in [1.165, 1.54) is 28.7 Å². The van der Waals surface area contributed by atoms with Gasteiger partial charge in [-0.2, -0.15) is 0 Å². The van der Waals surface area contributed by atoms with E-state index in [2.05, 4.69) is 0 Å². The number of aromatic nitrogens is 1. The number of aromatic hydroxyl groups is 1. The Morgan fingerprint density at radius 3 is 2.74 bits per heavy atom. The van der Waals surface area contributed by atoms with Crippen molar-refractivity contribution in [1.82, 2.24) is 9.58 Å². The summed E-state index contributed by atoms with van der Waals surface area (Å²) in [6.07, 6.45) is 5.03. The molecule has 0 spiro atoms. The molecular weight excluding hydrogens is 512 g/mol. The molecule has 0 saturated carbocycles. The second-order valence-corrected chi connectivity index (χ2v) is 10.9. The molecular formula is C28H25F2N3O4S. The molecule has 3 aliphatic rings. The maximum atomic E-state index is 15.4. The van der Waals surface area contributed by atoms with E-state index in [0.717, 1.165) is 16.5 Å². The number of nitrogens with zero attached hydrogens (tertiary/aromatic N) is 3. The summed E-state index contributed by atoms with van der Waals surface area (Å²) in [7, 11) is 0. The highest BCUT2D eigenvalue weighted by Crippen LogP contribution is 2.47. The summed E-state index contributed by atoms with van der Waals surface area (Å²) in [5, 5.41) is 12.6. The molecule has 0 radical (unpaired) electrons. The van der Waals surface area contributed by atoms with E-state index in [-0.39, 0.29) is 42.0 Å². The van der Waals surface area contributed by atoms with Crippen molar-refractivity contribution in [2.45, 2.75) is 36.6 Å². The van der Waals surface area contributed by atoms with Crippen LogP contribution in [0.4, 0.5) is 8.78 Å². The molecule has 1 N–H and O–H groups in total. The van der Waals surface area contributed by atoms with Crippen LogP contribution in [0.2, 0.25) is 0 Å². The lowest BCUT2D eigenvalue weighted by Gasteiger charge is -2.46. The minimum atomic E-state index is -1.000. The lowest BCUT2D eigenvalue weighted by molar-refractivity contribution is 0.0587. The summed E-state index contributed by atoms with van der Waals surface area (Å²) in [6, 6.07) is 8.70. The van der Waals surface area contributed by atoms with Crippen LogP contribution in [0.5, 0.6) is 11.5 Å². The Hall–Kier alpha value is -3.79. The smallest absolute Gasteiger partial charge is 0.278 e. The number of ether oxygens (including phenoxy) is 1. The van der Waals surface area contributed by atoms with Crippen molar-refractivity contribution in [3.8, 4) is 11.5 Å². The van der Waals surface area contributed by atoms with E-state index in [4.69, 9.17) is 4.74 Å². The molecule has 7 nitrogen and oxygen atoms in total. The predicted octanol–water partition coefficient (Wildman–Crippen LogP) is 4.55. The maximum absolute atomic E-state index is 15.4. The highest BCUT2D eigenvalue weighted by atomic mass is 32.2. The van der Waals surface area contributed by atoms with Crippen molar-refractivity contribution in [3.63, 3.8) is 0 Å². The van der Waals surface area contributed by atoms with Crippen LogP contribution < -0.4 is 15.2 Å². The first-order chi connectivity index (χ1) is 18.3. The third kappa shape index (κ3) is 3.69. The third-order valence-corrected chi connectivity index (χ3v) is 8.40. The van der Waals surface area contributed by atoms with E-state index in [0.29, 0.717) is 5.56 Å². The topological polar surface area (TPSA) is 75.0 Å². The highest BCUT2D eigenvalue weighted by molar-refractivity contribution is 7.98. The molecule has 0 fully saturated rings. The fraction of sp³-hybridized carbons (Fsp3) is 0.286. The number of pyridine rings is 1. The zero-order valence-electron chi connectivity index (χ0n) is 20.7. The molecule has 2 bridgehead atoms. The zero-order chi connectivity index (χ0) is 26.7. The van der Waals surface area contributed by atoms with Gasteiger partial charge in [0.05, 0.1) is 6.04 Å². The Labute approximate surface area is 221 Å². The second-order valence-electron chi connectivity index (χ2n) is 9.84. The first-order valence-electron chi connectivity index (χ1n) is 12.3. The number of rotatable bonds is 1. The lowest BCUT2D eigenvalue weighted by Crippen LogP contribution is -2.58. The molecule has 3 aliphatic heterocycles. The summed E-state index contributed by atoms with van der Waals surface area (Å²) < 4.78 is 37.8. The van der Waals surface area contributed by atoms with E-state index >= 15 is 4.39 Å². The van der Waals surface area contributed by atoms with Crippen molar-refractivity contribution in [2.75, 3.05) is 18.3 Å². The maximum Gasteiger partial charge on any atom is 0.278 e. The van der Waals surface area contributed by atoms with Crippen LogP contribution in [0.1, 0.15) is 47.1 Å². The van der Waals surface area contributed by atoms with Gasteiger partial charge in [-0.15, -0.1) is 11.8 Å². The van der Waals surface area contributed by atoms with Crippen LogP contribution in [0.25, 0.3) is 0 Å². The molecule has 4 heterocycles. The quantitative estimate of drug-likeness (QED) is 0.459. The fourth-order valence-electron chi connectivity index (χ4n) is 5.49. The van der Waals surface area contributed by atoms with Gasteiger partial charge in [0.15, 0.2) is 23.1 Å². The summed E-state index contributed by atoms with van der Waals surface area (Å²) in [5.41, 5.74) is 0.560. The van der Waals surface area contributed by atoms with Crippen LogP contribution in [0.3, 0.4) is 0 Å². The van der Waals surface area contributed by atoms with Crippen LogP contribution in [0, 0.1) is 17.6 Å². The molecule has 2 aromatic carbocycles. The molecule has 0 saturated heterocycles. The van der Waals surface area contributed by atoms with Gasteiger partial charge in [0.25, 0.3) is 5.91 Å². The summed E-state index contributed by atoms with van der Waals surface area (Å²) >= 11 is 1.39. The van der Waals surface area contributed by atoms with E-state index < -0.39 is 40.8 Å². The number of amides is 1. The van der Waals surface area contributed by atoms with Crippen molar-refractivity contribution in [3.05, 3.63) is 99.0 Å². The Kier molecular flexibility index (Phi) is 5.94. The number of halogens is 2. The molecule has 0 aliphatic carbocycles. The summed E-state index contributed by atoms with van der Waals surface area (Å²) in [4.78, 5) is 28.7. The molecule has 1 amide bonds. The normalized spacial score (nSPS) is 21.0. The average molecular weight is 538 g/mol. The van der Waals surface area contributed by atoms with Gasteiger partial charge >= 0.3 is 0 Å². The first-order valence-corrected chi connectivity index (χ1v) is 13.3. The molecule has 3 aromatic rings. The Morgan fingerprint density at radius 2 is 1.95 bits per heavy atom. The zero-order valence-corrected chi connectivity index (χ0v) is 21.5. The van der Waals surface area contributed by atoms with Crippen molar-refractivity contribution < 1.29 is 23.4 Å². The third-order valence-electron chi connectivity index (χ3n) is 7.28. The van der Waals surface area contributed by atoms with E-state index in [1.54, 1.807) is 16.0 Å². The minimum absolute atomic E-state index is 0.0215. The monoisotopic (exact) mass is 537 g/mol.